The smallest absolute Gasteiger partial charge is 0.387 e. The molecule has 0 aromatic heterocycles. The van der Waals surface area contributed by atoms with Crippen LogP contribution in [0.1, 0.15) is 10.4 Å². The minimum absolute atomic E-state index is 0.148. The van der Waals surface area contributed by atoms with Gasteiger partial charge in [0.15, 0.2) is 5.75 Å². The summed E-state index contributed by atoms with van der Waals surface area (Å²) >= 11 is 5.99. The molecule has 0 bridgehead atoms. The van der Waals surface area contributed by atoms with E-state index in [0.29, 0.717) is 4.47 Å². The van der Waals surface area contributed by atoms with E-state index >= 15 is 0 Å². The third-order valence-corrected chi connectivity index (χ3v) is 2.49. The summed E-state index contributed by atoms with van der Waals surface area (Å²) in [5.74, 6) is -1.73. The maximum Gasteiger partial charge on any atom is 0.387 e. The fourth-order valence-electron chi connectivity index (χ4n) is 0.928. The zero-order valence-corrected chi connectivity index (χ0v) is 10.2. The zero-order chi connectivity index (χ0) is 11.6. The average molecular weight is 346 g/mol. The average Bonchev–Trinajstić information content (AvgIpc) is 2.08. The van der Waals surface area contributed by atoms with Crippen molar-refractivity contribution in [1.82, 2.24) is 0 Å². The summed E-state index contributed by atoms with van der Waals surface area (Å²) in [7, 11) is 0. The summed E-state index contributed by atoms with van der Waals surface area (Å²) in [6.07, 6.45) is 0. The van der Waals surface area contributed by atoms with Gasteiger partial charge in [0.1, 0.15) is 5.56 Å². The van der Waals surface area contributed by atoms with Crippen molar-refractivity contribution in [3.05, 3.63) is 26.6 Å². The normalized spacial score (nSPS) is 10.5. The van der Waals surface area contributed by atoms with Crippen LogP contribution < -0.4 is 4.74 Å². The first-order valence-corrected chi connectivity index (χ1v) is 5.17. The summed E-state index contributed by atoms with van der Waals surface area (Å²) < 4.78 is 28.7. The highest BCUT2D eigenvalue weighted by Gasteiger charge is 2.19. The van der Waals surface area contributed by atoms with Crippen molar-refractivity contribution in [2.75, 3.05) is 0 Å². The summed E-state index contributed by atoms with van der Waals surface area (Å²) in [4.78, 5) is 10.7. The Hall–Kier alpha value is -0.690. The van der Waals surface area contributed by atoms with Crippen molar-refractivity contribution >= 4 is 37.8 Å². The Morgan fingerprint density at radius 3 is 2.47 bits per heavy atom. The van der Waals surface area contributed by atoms with E-state index in [1.165, 1.54) is 12.1 Å². The molecule has 82 valence electrons. The molecule has 0 aliphatic rings. The summed E-state index contributed by atoms with van der Waals surface area (Å²) in [5.41, 5.74) is -0.337. The van der Waals surface area contributed by atoms with Gasteiger partial charge in [0.2, 0.25) is 0 Å². The van der Waals surface area contributed by atoms with E-state index in [-0.39, 0.29) is 15.8 Å². The molecule has 1 N–H and O–H groups in total. The number of halogens is 4. The van der Waals surface area contributed by atoms with Gasteiger partial charge in [-0.15, -0.1) is 0 Å². The summed E-state index contributed by atoms with van der Waals surface area (Å²) in [6, 6.07) is 2.61. The molecule has 0 aliphatic heterocycles. The Kier molecular flexibility index (Phi) is 4.04. The number of alkyl halides is 2. The number of rotatable bonds is 3. The van der Waals surface area contributed by atoms with Crippen LogP contribution in [0.15, 0.2) is 21.1 Å². The lowest BCUT2D eigenvalue weighted by Crippen LogP contribution is -2.08. The highest BCUT2D eigenvalue weighted by atomic mass is 79.9. The number of hydrogen-bond donors (Lipinski definition) is 1. The van der Waals surface area contributed by atoms with Crippen molar-refractivity contribution in [1.29, 1.82) is 0 Å². The lowest BCUT2D eigenvalue weighted by atomic mass is 10.2. The van der Waals surface area contributed by atoms with Crippen LogP contribution in [0.5, 0.6) is 5.75 Å². The number of carboxylic acid groups (broad SMARTS) is 1. The molecular formula is C8H4Br2F2O3. The maximum absolute atomic E-state index is 12.0. The van der Waals surface area contributed by atoms with Crippen molar-refractivity contribution in [2.45, 2.75) is 6.61 Å². The van der Waals surface area contributed by atoms with Gasteiger partial charge in [0.05, 0.1) is 4.47 Å². The van der Waals surface area contributed by atoms with Gasteiger partial charge < -0.3 is 9.84 Å². The minimum Gasteiger partial charge on any atom is -0.478 e. The molecule has 0 unspecified atom stereocenters. The standard InChI is InChI=1S/C8H4Br2F2O3/c9-3-1-4(7(13)14)6(5(10)2-3)15-8(11)12/h1-2,8H,(H,13,14). The Bertz CT molecular complexity index is 396. The molecule has 0 spiro atoms. The van der Waals surface area contributed by atoms with E-state index in [4.69, 9.17) is 5.11 Å². The van der Waals surface area contributed by atoms with Gasteiger partial charge in [0.25, 0.3) is 0 Å². The maximum atomic E-state index is 12.0. The van der Waals surface area contributed by atoms with Crippen LogP contribution >= 0.6 is 31.9 Å². The summed E-state index contributed by atoms with van der Waals surface area (Å²) in [5, 5.41) is 8.76. The van der Waals surface area contributed by atoms with Crippen molar-refractivity contribution in [2.24, 2.45) is 0 Å². The molecule has 0 heterocycles. The van der Waals surface area contributed by atoms with Gasteiger partial charge in [-0.2, -0.15) is 8.78 Å². The first kappa shape index (κ1) is 12.4. The third kappa shape index (κ3) is 3.13. The second kappa shape index (κ2) is 4.89. The number of hydrogen-bond acceptors (Lipinski definition) is 2. The largest absolute Gasteiger partial charge is 0.478 e. The Labute approximate surface area is 100 Å². The topological polar surface area (TPSA) is 46.5 Å². The van der Waals surface area contributed by atoms with E-state index < -0.39 is 12.6 Å². The van der Waals surface area contributed by atoms with E-state index in [2.05, 4.69) is 36.6 Å². The number of carboxylic acids is 1. The molecule has 0 aliphatic carbocycles. The molecule has 0 fully saturated rings. The molecule has 0 saturated heterocycles. The molecule has 1 aromatic rings. The van der Waals surface area contributed by atoms with Gasteiger partial charge in [-0.05, 0) is 28.1 Å². The van der Waals surface area contributed by atoms with E-state index in [9.17, 15) is 13.6 Å². The fraction of sp³-hybridized carbons (Fsp3) is 0.125. The zero-order valence-electron chi connectivity index (χ0n) is 7.01. The van der Waals surface area contributed by atoms with Gasteiger partial charge >= 0.3 is 12.6 Å². The molecular weight excluding hydrogens is 342 g/mol. The SMILES string of the molecule is O=C(O)c1cc(Br)cc(Br)c1OC(F)F. The minimum atomic E-state index is -3.07. The van der Waals surface area contributed by atoms with Crippen molar-refractivity contribution in [3.8, 4) is 5.75 Å². The number of ether oxygens (including phenoxy) is 1. The number of aromatic carboxylic acids is 1. The monoisotopic (exact) mass is 344 g/mol. The van der Waals surface area contributed by atoms with Crippen LogP contribution in [0.2, 0.25) is 0 Å². The van der Waals surface area contributed by atoms with Crippen LogP contribution in [0, 0.1) is 0 Å². The lowest BCUT2D eigenvalue weighted by Gasteiger charge is -2.10. The van der Waals surface area contributed by atoms with Crippen LogP contribution in [0.3, 0.4) is 0 Å². The number of benzene rings is 1. The van der Waals surface area contributed by atoms with Gasteiger partial charge in [0, 0.05) is 4.47 Å². The van der Waals surface area contributed by atoms with Gasteiger partial charge in [-0.25, -0.2) is 4.79 Å². The van der Waals surface area contributed by atoms with E-state index in [1.54, 1.807) is 0 Å². The second-order valence-corrected chi connectivity index (χ2v) is 4.22. The molecule has 0 radical (unpaired) electrons. The van der Waals surface area contributed by atoms with Crippen LogP contribution in [-0.4, -0.2) is 17.7 Å². The Balaban J connectivity index is 3.27. The predicted octanol–water partition coefficient (Wildman–Crippen LogP) is 3.51. The van der Waals surface area contributed by atoms with Crippen LogP contribution in [0.4, 0.5) is 8.78 Å². The Morgan fingerprint density at radius 1 is 1.40 bits per heavy atom. The van der Waals surface area contributed by atoms with Crippen LogP contribution in [-0.2, 0) is 0 Å². The van der Waals surface area contributed by atoms with Gasteiger partial charge in [-0.1, -0.05) is 15.9 Å². The van der Waals surface area contributed by atoms with Crippen LogP contribution in [0.25, 0.3) is 0 Å². The third-order valence-electron chi connectivity index (χ3n) is 1.45. The summed E-state index contributed by atoms with van der Waals surface area (Å²) in [6.45, 7) is -3.07. The molecule has 0 atom stereocenters. The second-order valence-electron chi connectivity index (χ2n) is 2.45. The van der Waals surface area contributed by atoms with Gasteiger partial charge in [-0.3, -0.25) is 0 Å². The highest BCUT2D eigenvalue weighted by Crippen LogP contribution is 2.33. The molecule has 7 heteroatoms. The van der Waals surface area contributed by atoms with E-state index in [1.807, 2.05) is 0 Å². The fourth-order valence-corrected chi connectivity index (χ4v) is 2.25. The molecule has 0 amide bonds. The van der Waals surface area contributed by atoms with Crippen molar-refractivity contribution < 1.29 is 23.4 Å². The Morgan fingerprint density at radius 2 is 2.00 bits per heavy atom. The predicted molar refractivity (Wildman–Crippen MR) is 55.4 cm³/mol. The molecule has 15 heavy (non-hydrogen) atoms. The first-order valence-electron chi connectivity index (χ1n) is 3.59. The van der Waals surface area contributed by atoms with Crippen molar-refractivity contribution in [3.63, 3.8) is 0 Å². The first-order chi connectivity index (χ1) is 6.91. The molecule has 1 rings (SSSR count). The molecule has 1 aromatic carbocycles. The molecule has 3 nitrogen and oxygen atoms in total. The lowest BCUT2D eigenvalue weighted by molar-refractivity contribution is -0.0508. The molecule has 0 saturated carbocycles. The quantitative estimate of drug-likeness (QED) is 0.911. The highest BCUT2D eigenvalue weighted by molar-refractivity contribution is 9.11. The van der Waals surface area contributed by atoms with E-state index in [0.717, 1.165) is 0 Å². The number of carbonyl (C=O) groups is 1.